The smallest absolute Gasteiger partial charge is 0.277 e. The zero-order chi connectivity index (χ0) is 19.6. The summed E-state index contributed by atoms with van der Waals surface area (Å²) < 4.78 is 16.0. The first-order valence-corrected chi connectivity index (χ1v) is 8.84. The van der Waals surface area contributed by atoms with Crippen LogP contribution in [0.4, 0.5) is 0 Å². The summed E-state index contributed by atoms with van der Waals surface area (Å²) >= 11 is 0. The van der Waals surface area contributed by atoms with E-state index >= 15 is 0 Å². The summed E-state index contributed by atoms with van der Waals surface area (Å²) in [5, 5.41) is 3.95. The number of hydrogen-bond donors (Lipinski definition) is 1. The molecule has 2 rings (SSSR count). The number of carbonyl (C=O) groups is 1. The predicted octanol–water partition coefficient (Wildman–Crippen LogP) is 3.75. The number of methoxy groups -OCH3 is 2. The zero-order valence-corrected chi connectivity index (χ0v) is 16.2. The maximum Gasteiger partial charge on any atom is 0.277 e. The van der Waals surface area contributed by atoms with Crippen molar-refractivity contribution >= 4 is 12.1 Å². The standard InChI is InChI=1S/C21H26N2O4/c1-5-15(2)16-9-11-18(12-10-16)27-14-20(24)23-22-13-17-7-6-8-19(25-3)21(17)26-4/h6-13,15H,5,14H2,1-4H3,(H,23,24)/b22-13-/t15-/m1/s1. The van der Waals surface area contributed by atoms with E-state index in [4.69, 9.17) is 14.2 Å². The molecule has 27 heavy (non-hydrogen) atoms. The average Bonchev–Trinajstić information content (AvgIpc) is 2.71. The van der Waals surface area contributed by atoms with Gasteiger partial charge in [-0.25, -0.2) is 5.43 Å². The van der Waals surface area contributed by atoms with Crippen molar-refractivity contribution in [3.05, 3.63) is 53.6 Å². The highest BCUT2D eigenvalue weighted by molar-refractivity contribution is 5.86. The third-order valence-electron chi connectivity index (χ3n) is 4.26. The number of nitrogens with one attached hydrogen (secondary N) is 1. The van der Waals surface area contributed by atoms with E-state index in [0.29, 0.717) is 28.7 Å². The highest BCUT2D eigenvalue weighted by Gasteiger charge is 2.08. The summed E-state index contributed by atoms with van der Waals surface area (Å²) in [5.41, 5.74) is 4.39. The van der Waals surface area contributed by atoms with Crippen molar-refractivity contribution in [2.24, 2.45) is 5.10 Å². The monoisotopic (exact) mass is 370 g/mol. The Hall–Kier alpha value is -3.02. The van der Waals surface area contributed by atoms with Crippen LogP contribution in [0.3, 0.4) is 0 Å². The minimum Gasteiger partial charge on any atom is -0.493 e. The molecule has 0 saturated carbocycles. The van der Waals surface area contributed by atoms with Crippen LogP contribution in [0.2, 0.25) is 0 Å². The van der Waals surface area contributed by atoms with Crippen molar-refractivity contribution < 1.29 is 19.0 Å². The van der Waals surface area contributed by atoms with Gasteiger partial charge in [0.2, 0.25) is 0 Å². The summed E-state index contributed by atoms with van der Waals surface area (Å²) in [6.45, 7) is 4.22. The molecular formula is C21H26N2O4. The summed E-state index contributed by atoms with van der Waals surface area (Å²) in [6, 6.07) is 13.2. The van der Waals surface area contributed by atoms with Gasteiger partial charge in [-0.05, 0) is 42.2 Å². The molecule has 1 atom stereocenters. The SMILES string of the molecule is CC[C@@H](C)c1ccc(OCC(=O)N/N=C\c2cccc(OC)c2OC)cc1. The lowest BCUT2D eigenvalue weighted by Gasteiger charge is -2.10. The maximum atomic E-state index is 11.9. The molecule has 0 aliphatic heterocycles. The first kappa shape index (κ1) is 20.3. The Morgan fingerprint density at radius 1 is 1.15 bits per heavy atom. The Morgan fingerprint density at radius 2 is 1.89 bits per heavy atom. The molecule has 2 aromatic carbocycles. The highest BCUT2D eigenvalue weighted by atomic mass is 16.5. The molecule has 2 aromatic rings. The maximum absolute atomic E-state index is 11.9. The molecule has 0 aliphatic carbocycles. The van der Waals surface area contributed by atoms with Crippen molar-refractivity contribution in [2.45, 2.75) is 26.2 Å². The van der Waals surface area contributed by atoms with Gasteiger partial charge in [0, 0.05) is 5.56 Å². The molecule has 0 fully saturated rings. The second-order valence-electron chi connectivity index (χ2n) is 6.04. The van der Waals surface area contributed by atoms with Crippen LogP contribution in [0.15, 0.2) is 47.6 Å². The second-order valence-corrected chi connectivity index (χ2v) is 6.04. The van der Waals surface area contributed by atoms with E-state index in [9.17, 15) is 4.79 Å². The number of amides is 1. The lowest BCUT2D eigenvalue weighted by molar-refractivity contribution is -0.123. The van der Waals surface area contributed by atoms with Crippen LogP contribution in [0.5, 0.6) is 17.2 Å². The fourth-order valence-corrected chi connectivity index (χ4v) is 2.50. The van der Waals surface area contributed by atoms with Crippen molar-refractivity contribution in [2.75, 3.05) is 20.8 Å². The van der Waals surface area contributed by atoms with Crippen LogP contribution < -0.4 is 19.6 Å². The van der Waals surface area contributed by atoms with Gasteiger partial charge < -0.3 is 14.2 Å². The Bertz CT molecular complexity index is 772. The number of rotatable bonds is 9. The number of benzene rings is 2. The van der Waals surface area contributed by atoms with E-state index in [1.807, 2.05) is 36.4 Å². The van der Waals surface area contributed by atoms with Crippen molar-refractivity contribution in [3.63, 3.8) is 0 Å². The lowest BCUT2D eigenvalue weighted by Crippen LogP contribution is -2.24. The van der Waals surface area contributed by atoms with Gasteiger partial charge in [-0.3, -0.25) is 4.79 Å². The van der Waals surface area contributed by atoms with Crippen molar-refractivity contribution in [1.29, 1.82) is 0 Å². The molecule has 0 bridgehead atoms. The van der Waals surface area contributed by atoms with E-state index in [0.717, 1.165) is 6.42 Å². The Morgan fingerprint density at radius 3 is 2.52 bits per heavy atom. The van der Waals surface area contributed by atoms with Crippen LogP contribution in [0, 0.1) is 0 Å². The van der Waals surface area contributed by atoms with Crippen LogP contribution in [-0.4, -0.2) is 32.9 Å². The third kappa shape index (κ3) is 5.74. The third-order valence-corrected chi connectivity index (χ3v) is 4.26. The Balaban J connectivity index is 1.87. The summed E-state index contributed by atoms with van der Waals surface area (Å²) in [4.78, 5) is 11.9. The summed E-state index contributed by atoms with van der Waals surface area (Å²) in [6.07, 6.45) is 2.58. The Labute approximate surface area is 160 Å². The molecule has 1 N–H and O–H groups in total. The van der Waals surface area contributed by atoms with Gasteiger partial charge in [-0.15, -0.1) is 0 Å². The van der Waals surface area contributed by atoms with Gasteiger partial charge in [0.1, 0.15) is 5.75 Å². The molecule has 1 amide bonds. The molecule has 0 aromatic heterocycles. The molecule has 0 saturated heterocycles. The quantitative estimate of drug-likeness (QED) is 0.539. The van der Waals surface area contributed by atoms with Gasteiger partial charge in [0.05, 0.1) is 20.4 Å². The van der Waals surface area contributed by atoms with Gasteiger partial charge in [-0.2, -0.15) is 5.10 Å². The minimum atomic E-state index is -0.348. The van der Waals surface area contributed by atoms with E-state index in [2.05, 4.69) is 24.4 Å². The number of para-hydroxylation sites is 1. The van der Waals surface area contributed by atoms with E-state index in [1.54, 1.807) is 20.3 Å². The first-order valence-electron chi connectivity index (χ1n) is 8.84. The molecule has 6 nitrogen and oxygen atoms in total. The predicted molar refractivity (Wildman–Crippen MR) is 106 cm³/mol. The number of carbonyl (C=O) groups excluding carboxylic acids is 1. The van der Waals surface area contributed by atoms with Crippen molar-refractivity contribution in [3.8, 4) is 17.2 Å². The zero-order valence-electron chi connectivity index (χ0n) is 16.2. The van der Waals surface area contributed by atoms with Crippen molar-refractivity contribution in [1.82, 2.24) is 5.43 Å². The van der Waals surface area contributed by atoms with Crippen LogP contribution in [0.1, 0.15) is 37.3 Å². The van der Waals surface area contributed by atoms with Gasteiger partial charge >= 0.3 is 0 Å². The van der Waals surface area contributed by atoms with Crippen LogP contribution in [0.25, 0.3) is 0 Å². The first-order chi connectivity index (χ1) is 13.1. The molecule has 0 unspecified atom stereocenters. The van der Waals surface area contributed by atoms with Gasteiger partial charge in [-0.1, -0.05) is 32.0 Å². The van der Waals surface area contributed by atoms with E-state index < -0.39 is 0 Å². The Kier molecular flexibility index (Phi) is 7.67. The highest BCUT2D eigenvalue weighted by Crippen LogP contribution is 2.29. The van der Waals surface area contributed by atoms with Gasteiger partial charge in [0.15, 0.2) is 18.1 Å². The second kappa shape index (κ2) is 10.2. The minimum absolute atomic E-state index is 0.116. The fraction of sp³-hybridized carbons (Fsp3) is 0.333. The summed E-state index contributed by atoms with van der Waals surface area (Å²) in [7, 11) is 3.11. The topological polar surface area (TPSA) is 69.2 Å². The number of hydrogen-bond acceptors (Lipinski definition) is 5. The largest absolute Gasteiger partial charge is 0.493 e. The van der Waals surface area contributed by atoms with E-state index in [1.165, 1.54) is 11.8 Å². The molecule has 144 valence electrons. The number of nitrogens with zero attached hydrogens (tertiary/aromatic N) is 1. The molecule has 6 heteroatoms. The number of ether oxygens (including phenoxy) is 3. The molecule has 0 heterocycles. The van der Waals surface area contributed by atoms with Gasteiger partial charge in [0.25, 0.3) is 5.91 Å². The molecule has 0 radical (unpaired) electrons. The fourth-order valence-electron chi connectivity index (χ4n) is 2.50. The van der Waals surface area contributed by atoms with Crippen LogP contribution >= 0.6 is 0 Å². The molecular weight excluding hydrogens is 344 g/mol. The summed E-state index contributed by atoms with van der Waals surface area (Å²) in [5.74, 6) is 1.95. The van der Waals surface area contributed by atoms with Crippen LogP contribution in [-0.2, 0) is 4.79 Å². The normalized spacial score (nSPS) is 11.9. The van der Waals surface area contributed by atoms with E-state index in [-0.39, 0.29) is 12.5 Å². The molecule has 0 spiro atoms. The molecule has 0 aliphatic rings. The number of hydrazone groups is 1. The lowest BCUT2D eigenvalue weighted by atomic mass is 9.99. The average molecular weight is 370 g/mol.